The molecule has 1 heterocycles. The van der Waals surface area contributed by atoms with Crippen LogP contribution in [0.15, 0.2) is 0 Å². The Morgan fingerprint density at radius 2 is 2.06 bits per heavy atom. The summed E-state index contributed by atoms with van der Waals surface area (Å²) in [5.74, 6) is -0.234. The summed E-state index contributed by atoms with van der Waals surface area (Å²) in [5, 5.41) is 9.44. The van der Waals surface area contributed by atoms with Crippen LogP contribution >= 0.6 is 11.6 Å². The predicted octanol–water partition coefficient (Wildman–Crippen LogP) is 2.11. The highest BCUT2D eigenvalue weighted by molar-refractivity contribution is 6.18. The van der Waals surface area contributed by atoms with E-state index < -0.39 is 12.0 Å². The molecule has 0 aromatic carbocycles. The predicted molar refractivity (Wildman–Crippen MR) is 68.5 cm³/mol. The molecule has 1 N–H and O–H groups in total. The molecule has 1 amide bonds. The second-order valence-electron chi connectivity index (χ2n) is 5.45. The summed E-state index contributed by atoms with van der Waals surface area (Å²) in [6.45, 7) is 0.510. The third kappa shape index (κ3) is 2.79. The number of nitrogens with zero attached hydrogens (tertiary/aromatic N) is 1. The number of rotatable bonds is 4. The molecule has 2 fully saturated rings. The number of carboxylic acid groups (broad SMARTS) is 1. The van der Waals surface area contributed by atoms with Crippen LogP contribution in [0.3, 0.4) is 0 Å². The lowest BCUT2D eigenvalue weighted by molar-refractivity contribution is -0.151. The molecular weight excluding hydrogens is 254 g/mol. The van der Waals surface area contributed by atoms with Crippen molar-refractivity contribution < 1.29 is 14.7 Å². The van der Waals surface area contributed by atoms with Gasteiger partial charge in [-0.1, -0.05) is 19.3 Å². The van der Waals surface area contributed by atoms with Gasteiger partial charge in [0, 0.05) is 18.8 Å². The van der Waals surface area contributed by atoms with Crippen LogP contribution in [0.5, 0.6) is 0 Å². The van der Waals surface area contributed by atoms with Gasteiger partial charge in [-0.05, 0) is 24.7 Å². The Kier molecular flexibility index (Phi) is 4.49. The average molecular weight is 274 g/mol. The van der Waals surface area contributed by atoms with Gasteiger partial charge in [0.05, 0.1) is 0 Å². The van der Waals surface area contributed by atoms with Crippen molar-refractivity contribution in [2.24, 2.45) is 11.8 Å². The number of aliphatic carboxylic acids is 1. The average Bonchev–Trinajstić information content (AvgIpc) is 2.72. The lowest BCUT2D eigenvalue weighted by atomic mass is 9.83. The number of likely N-dealkylation sites (tertiary alicyclic amines) is 1. The van der Waals surface area contributed by atoms with Crippen LogP contribution in [-0.4, -0.2) is 40.3 Å². The molecule has 1 saturated carbocycles. The van der Waals surface area contributed by atoms with Gasteiger partial charge in [-0.25, -0.2) is 4.79 Å². The van der Waals surface area contributed by atoms with E-state index >= 15 is 0 Å². The van der Waals surface area contributed by atoms with E-state index in [4.69, 9.17) is 11.6 Å². The number of carboxylic acids is 1. The number of alkyl halides is 1. The van der Waals surface area contributed by atoms with Crippen molar-refractivity contribution in [3.63, 3.8) is 0 Å². The van der Waals surface area contributed by atoms with E-state index in [2.05, 4.69) is 0 Å². The third-order valence-corrected chi connectivity index (χ3v) is 4.58. The first-order chi connectivity index (χ1) is 8.63. The van der Waals surface area contributed by atoms with Crippen molar-refractivity contribution in [3.05, 3.63) is 0 Å². The standard InChI is InChI=1S/C13H20ClNO3/c14-7-9-6-11(16)15(8-9)12(13(17)18)10-4-2-1-3-5-10/h9-10,12H,1-8H2,(H,17,18)/t9?,12-/m0/s1. The molecule has 0 spiro atoms. The number of carbonyl (C=O) groups excluding carboxylic acids is 1. The van der Waals surface area contributed by atoms with Crippen molar-refractivity contribution in [2.45, 2.75) is 44.6 Å². The molecule has 0 radical (unpaired) electrons. The maximum absolute atomic E-state index is 11.9. The number of hydrogen-bond donors (Lipinski definition) is 1. The van der Waals surface area contributed by atoms with Gasteiger partial charge in [0.2, 0.25) is 5.91 Å². The first-order valence-corrected chi connectivity index (χ1v) is 7.25. The van der Waals surface area contributed by atoms with Crippen LogP contribution < -0.4 is 0 Å². The third-order valence-electron chi connectivity index (χ3n) is 4.14. The summed E-state index contributed by atoms with van der Waals surface area (Å²) in [6.07, 6.45) is 5.59. The fraction of sp³-hybridized carbons (Fsp3) is 0.846. The van der Waals surface area contributed by atoms with E-state index in [1.165, 1.54) is 6.42 Å². The van der Waals surface area contributed by atoms with Crippen LogP contribution in [0.4, 0.5) is 0 Å². The minimum absolute atomic E-state index is 0.0429. The normalized spacial score (nSPS) is 27.5. The lowest BCUT2D eigenvalue weighted by Gasteiger charge is -2.33. The van der Waals surface area contributed by atoms with Gasteiger partial charge in [0.25, 0.3) is 0 Å². The van der Waals surface area contributed by atoms with Crippen molar-refractivity contribution >= 4 is 23.5 Å². The van der Waals surface area contributed by atoms with E-state index in [0.717, 1.165) is 25.7 Å². The summed E-state index contributed by atoms with van der Waals surface area (Å²) in [5.41, 5.74) is 0. The molecule has 1 unspecified atom stereocenters. The highest BCUT2D eigenvalue weighted by atomic mass is 35.5. The zero-order valence-corrected chi connectivity index (χ0v) is 11.2. The van der Waals surface area contributed by atoms with Gasteiger partial charge in [0.15, 0.2) is 0 Å². The first-order valence-electron chi connectivity index (χ1n) is 6.71. The van der Waals surface area contributed by atoms with Crippen molar-refractivity contribution in [2.75, 3.05) is 12.4 Å². The van der Waals surface area contributed by atoms with E-state index in [9.17, 15) is 14.7 Å². The van der Waals surface area contributed by atoms with Gasteiger partial charge in [-0.3, -0.25) is 4.79 Å². The molecule has 0 aromatic heterocycles. The molecule has 5 heteroatoms. The smallest absolute Gasteiger partial charge is 0.326 e. The van der Waals surface area contributed by atoms with E-state index in [0.29, 0.717) is 18.8 Å². The SMILES string of the molecule is O=C(O)[C@H](C1CCCCC1)N1CC(CCl)CC1=O. The number of amides is 1. The zero-order chi connectivity index (χ0) is 13.1. The number of halogens is 1. The quantitative estimate of drug-likeness (QED) is 0.798. The number of hydrogen-bond acceptors (Lipinski definition) is 2. The first kappa shape index (κ1) is 13.7. The molecule has 0 bridgehead atoms. The molecule has 1 aliphatic heterocycles. The summed E-state index contributed by atoms with van der Waals surface area (Å²) < 4.78 is 0. The second-order valence-corrected chi connectivity index (χ2v) is 5.76. The van der Waals surface area contributed by atoms with Crippen molar-refractivity contribution in [3.8, 4) is 0 Å². The molecule has 1 aliphatic carbocycles. The minimum Gasteiger partial charge on any atom is -0.480 e. The summed E-state index contributed by atoms with van der Waals surface area (Å²) in [7, 11) is 0. The Labute approximate surface area is 112 Å². The monoisotopic (exact) mass is 273 g/mol. The largest absolute Gasteiger partial charge is 0.480 e. The summed E-state index contributed by atoms with van der Waals surface area (Å²) in [4.78, 5) is 25.0. The van der Waals surface area contributed by atoms with Gasteiger partial charge in [0.1, 0.15) is 6.04 Å². The Bertz CT molecular complexity index is 328. The van der Waals surface area contributed by atoms with Crippen molar-refractivity contribution in [1.29, 1.82) is 0 Å². The van der Waals surface area contributed by atoms with Gasteiger partial charge >= 0.3 is 5.97 Å². The topological polar surface area (TPSA) is 57.6 Å². The van der Waals surface area contributed by atoms with Crippen molar-refractivity contribution in [1.82, 2.24) is 4.90 Å². The Hall–Kier alpha value is -0.770. The zero-order valence-electron chi connectivity index (χ0n) is 10.5. The Morgan fingerprint density at radius 3 is 2.56 bits per heavy atom. The highest BCUT2D eigenvalue weighted by Gasteiger charge is 2.41. The molecule has 102 valence electrons. The van der Waals surface area contributed by atoms with Crippen LogP contribution in [0.1, 0.15) is 38.5 Å². The molecule has 18 heavy (non-hydrogen) atoms. The highest BCUT2D eigenvalue weighted by Crippen LogP contribution is 2.32. The lowest BCUT2D eigenvalue weighted by Crippen LogP contribution is -2.47. The maximum atomic E-state index is 11.9. The Morgan fingerprint density at radius 1 is 1.39 bits per heavy atom. The van der Waals surface area contributed by atoms with E-state index in [1.807, 2.05) is 0 Å². The molecule has 0 aromatic rings. The summed E-state index contributed by atoms with van der Waals surface area (Å²) >= 11 is 5.78. The van der Waals surface area contributed by atoms with Gasteiger partial charge in [-0.15, -0.1) is 11.6 Å². The molecule has 2 atom stereocenters. The van der Waals surface area contributed by atoms with Crippen LogP contribution in [0.2, 0.25) is 0 Å². The summed E-state index contributed by atoms with van der Waals surface area (Å²) in [6, 6.07) is -0.633. The van der Waals surface area contributed by atoms with Crippen LogP contribution in [0.25, 0.3) is 0 Å². The van der Waals surface area contributed by atoms with Crippen LogP contribution in [-0.2, 0) is 9.59 Å². The molecule has 1 saturated heterocycles. The van der Waals surface area contributed by atoms with Gasteiger partial charge < -0.3 is 10.0 Å². The van der Waals surface area contributed by atoms with E-state index in [1.54, 1.807) is 4.90 Å². The van der Waals surface area contributed by atoms with E-state index in [-0.39, 0.29) is 17.7 Å². The molecule has 2 aliphatic rings. The number of carbonyl (C=O) groups is 2. The molecular formula is C13H20ClNO3. The fourth-order valence-electron chi connectivity index (χ4n) is 3.22. The second kappa shape index (κ2) is 5.91. The van der Waals surface area contributed by atoms with Gasteiger partial charge in [-0.2, -0.15) is 0 Å². The maximum Gasteiger partial charge on any atom is 0.326 e. The minimum atomic E-state index is -0.856. The molecule has 4 nitrogen and oxygen atoms in total. The van der Waals surface area contributed by atoms with Crippen LogP contribution in [0, 0.1) is 11.8 Å². The fourth-order valence-corrected chi connectivity index (χ4v) is 3.43. The Balaban J connectivity index is 2.09. The molecule has 2 rings (SSSR count).